The highest BCUT2D eigenvalue weighted by atomic mass is 31.2. The summed E-state index contributed by atoms with van der Waals surface area (Å²) in [6, 6.07) is 0. The molecule has 17 nitrogen and oxygen atoms in total. The maximum Gasteiger partial charge on any atom is 0.472 e. The molecule has 552 valence electrons. The van der Waals surface area contributed by atoms with Crippen molar-refractivity contribution in [2.75, 3.05) is 39.6 Å². The number of ether oxygens (including phenoxy) is 4. The number of esters is 4. The van der Waals surface area contributed by atoms with Crippen molar-refractivity contribution in [3.63, 3.8) is 0 Å². The lowest BCUT2D eigenvalue weighted by molar-refractivity contribution is -0.161. The Morgan fingerprint density at radius 1 is 0.312 bits per heavy atom. The molecule has 0 aromatic heterocycles. The highest BCUT2D eigenvalue weighted by molar-refractivity contribution is 7.47. The first-order chi connectivity index (χ1) is 46.7. The van der Waals surface area contributed by atoms with Gasteiger partial charge in [0.25, 0.3) is 0 Å². The third kappa shape index (κ3) is 68.3. The first-order valence-electron chi connectivity index (χ1n) is 37.1. The quantitative estimate of drug-likeness (QED) is 0.0169. The van der Waals surface area contributed by atoms with Crippen molar-refractivity contribution in [1.82, 2.24) is 0 Å². The van der Waals surface area contributed by atoms with Crippen LogP contribution in [0, 0.1) is 0 Å². The first-order valence-corrected chi connectivity index (χ1v) is 40.1. The molecule has 0 saturated carbocycles. The Labute approximate surface area is 581 Å². The van der Waals surface area contributed by atoms with Crippen LogP contribution in [0.3, 0.4) is 0 Å². The van der Waals surface area contributed by atoms with Crippen molar-refractivity contribution < 1.29 is 80.2 Å². The van der Waals surface area contributed by atoms with E-state index < -0.39 is 97.5 Å². The Morgan fingerprint density at radius 3 is 0.927 bits per heavy atom. The Bertz CT molecular complexity index is 2250. The number of aliphatic hydroxyl groups excluding tert-OH is 1. The maximum absolute atomic E-state index is 13.0. The van der Waals surface area contributed by atoms with E-state index in [1.54, 1.807) is 6.08 Å². The molecule has 0 rings (SSSR count). The highest BCUT2D eigenvalue weighted by Gasteiger charge is 2.30. The summed E-state index contributed by atoms with van der Waals surface area (Å²) in [4.78, 5) is 72.7. The summed E-state index contributed by atoms with van der Waals surface area (Å²) < 4.78 is 68.2. The fraction of sp³-hybridized carbons (Fsp3) is 0.714. The second-order valence-corrected chi connectivity index (χ2v) is 27.4. The van der Waals surface area contributed by atoms with Crippen molar-refractivity contribution in [3.8, 4) is 0 Å². The summed E-state index contributed by atoms with van der Waals surface area (Å²) in [6.07, 6.45) is 72.7. The predicted molar refractivity (Wildman–Crippen MR) is 390 cm³/mol. The molecule has 0 heterocycles. The lowest BCUT2D eigenvalue weighted by Gasteiger charge is -2.21. The Balaban J connectivity index is 5.43. The lowest BCUT2D eigenvalue weighted by Crippen LogP contribution is -2.30. The van der Waals surface area contributed by atoms with Gasteiger partial charge < -0.3 is 33.8 Å². The summed E-state index contributed by atoms with van der Waals surface area (Å²) in [5.74, 6) is -2.36. The highest BCUT2D eigenvalue weighted by Crippen LogP contribution is 2.45. The zero-order chi connectivity index (χ0) is 70.4. The molecule has 0 fully saturated rings. The standard InChI is InChI=1S/C77H132O17P2/c1-5-9-13-17-21-25-29-33-35-39-42-46-50-54-58-62-75(80)88-68-73(94-77(82)64-60-56-52-48-44-40-36-34-30-26-22-18-14-10-6-2)70-92-96(85,86)90-66-71(78)65-89-95(83,84)91-69-72(93-76(81)63-59-55-51-47-43-38-32-28-24-20-16-12-8-4)67-87-74(79)61-57-53-49-45-41-37-31-27-23-19-15-11-7-3/h9-10,13-14,21-22,25-26,33-36,42,44,46,48,54,58,71-73,78H,5-8,11-12,15-20,23-24,27-32,37-41,43,45,47,49-53,55-57,59-70H2,1-4H3,(H,83,84)(H,85,86)/b13-9-,14-10-,25-21-,26-22-,35-33-,36-34-,46-42-,48-44-,58-54-. The van der Waals surface area contributed by atoms with Gasteiger partial charge in [-0.05, 0) is 89.9 Å². The van der Waals surface area contributed by atoms with E-state index in [0.29, 0.717) is 32.1 Å². The zero-order valence-electron chi connectivity index (χ0n) is 60.0. The van der Waals surface area contributed by atoms with Gasteiger partial charge in [0.05, 0.1) is 32.8 Å². The van der Waals surface area contributed by atoms with Crippen molar-refractivity contribution in [3.05, 3.63) is 109 Å². The first kappa shape index (κ1) is 91.7. The molecule has 0 saturated heterocycles. The summed E-state index contributed by atoms with van der Waals surface area (Å²) in [5.41, 5.74) is 0. The van der Waals surface area contributed by atoms with E-state index in [0.717, 1.165) is 103 Å². The van der Waals surface area contributed by atoms with Crippen molar-refractivity contribution in [2.24, 2.45) is 0 Å². The van der Waals surface area contributed by atoms with E-state index in [-0.39, 0.29) is 25.7 Å². The van der Waals surface area contributed by atoms with Crippen LogP contribution in [0.4, 0.5) is 0 Å². The number of rotatable bonds is 69. The van der Waals surface area contributed by atoms with Crippen LogP contribution in [0.2, 0.25) is 0 Å². The summed E-state index contributed by atoms with van der Waals surface area (Å²) in [5, 5.41) is 10.6. The van der Waals surface area contributed by atoms with E-state index >= 15 is 0 Å². The molecule has 0 aromatic rings. The Morgan fingerprint density at radius 2 is 0.583 bits per heavy atom. The molecule has 0 aliphatic carbocycles. The summed E-state index contributed by atoms with van der Waals surface area (Å²) >= 11 is 0. The number of carbonyl (C=O) groups is 4. The number of hydrogen-bond acceptors (Lipinski definition) is 15. The summed E-state index contributed by atoms with van der Waals surface area (Å²) in [7, 11) is -9.98. The molecule has 0 aliphatic heterocycles. The molecule has 5 unspecified atom stereocenters. The van der Waals surface area contributed by atoms with Gasteiger partial charge in [0.2, 0.25) is 0 Å². The molecular formula is C77H132O17P2. The molecule has 0 aromatic carbocycles. The van der Waals surface area contributed by atoms with E-state index in [1.807, 2.05) is 24.3 Å². The van der Waals surface area contributed by atoms with Gasteiger partial charge in [-0.3, -0.25) is 37.3 Å². The van der Waals surface area contributed by atoms with Crippen LogP contribution in [-0.2, 0) is 65.4 Å². The molecule has 0 radical (unpaired) electrons. The van der Waals surface area contributed by atoms with Crippen LogP contribution in [0.5, 0.6) is 0 Å². The van der Waals surface area contributed by atoms with E-state index in [9.17, 15) is 43.2 Å². The van der Waals surface area contributed by atoms with Gasteiger partial charge in [-0.1, -0.05) is 291 Å². The second-order valence-electron chi connectivity index (χ2n) is 24.5. The zero-order valence-corrected chi connectivity index (χ0v) is 61.8. The number of hydrogen-bond donors (Lipinski definition) is 3. The van der Waals surface area contributed by atoms with Crippen LogP contribution >= 0.6 is 15.6 Å². The molecule has 3 N–H and O–H groups in total. The van der Waals surface area contributed by atoms with Gasteiger partial charge in [-0.25, -0.2) is 9.13 Å². The van der Waals surface area contributed by atoms with Crippen LogP contribution in [0.1, 0.15) is 297 Å². The van der Waals surface area contributed by atoms with E-state index in [4.69, 9.17) is 37.0 Å². The predicted octanol–water partition coefficient (Wildman–Crippen LogP) is 21.0. The summed E-state index contributed by atoms with van der Waals surface area (Å²) in [6.45, 7) is 4.49. The molecule has 5 atom stereocenters. The number of carbonyl (C=O) groups excluding carboxylic acids is 4. The van der Waals surface area contributed by atoms with Gasteiger partial charge in [-0.2, -0.15) is 0 Å². The minimum absolute atomic E-state index is 0.0221. The third-order valence-corrected chi connectivity index (χ3v) is 17.2. The number of unbranched alkanes of at least 4 members (excludes halogenated alkanes) is 26. The third-order valence-electron chi connectivity index (χ3n) is 15.3. The minimum Gasteiger partial charge on any atom is -0.462 e. The van der Waals surface area contributed by atoms with Gasteiger partial charge in [-0.15, -0.1) is 0 Å². The van der Waals surface area contributed by atoms with Crippen LogP contribution < -0.4 is 0 Å². The van der Waals surface area contributed by atoms with E-state index in [1.165, 1.54) is 109 Å². The van der Waals surface area contributed by atoms with Gasteiger partial charge in [0.15, 0.2) is 12.2 Å². The second kappa shape index (κ2) is 69.2. The smallest absolute Gasteiger partial charge is 0.462 e. The molecular weight excluding hydrogens is 1260 g/mol. The monoisotopic (exact) mass is 1390 g/mol. The van der Waals surface area contributed by atoms with E-state index in [2.05, 4.69) is 107 Å². The van der Waals surface area contributed by atoms with Crippen molar-refractivity contribution in [2.45, 2.75) is 316 Å². The number of phosphoric ester groups is 2. The fourth-order valence-electron chi connectivity index (χ4n) is 9.70. The molecule has 96 heavy (non-hydrogen) atoms. The van der Waals surface area contributed by atoms with Crippen LogP contribution in [0.15, 0.2) is 109 Å². The Kier molecular flexibility index (Phi) is 66.1. The van der Waals surface area contributed by atoms with Crippen LogP contribution in [-0.4, -0.2) is 96.7 Å². The molecule has 0 amide bonds. The topological polar surface area (TPSA) is 237 Å². The van der Waals surface area contributed by atoms with Gasteiger partial charge >= 0.3 is 39.5 Å². The van der Waals surface area contributed by atoms with Gasteiger partial charge in [0.1, 0.15) is 19.3 Å². The molecule has 0 bridgehead atoms. The average molecular weight is 1390 g/mol. The normalized spacial score (nSPS) is 14.6. The Hall–Kier alpha value is -4.28. The largest absolute Gasteiger partial charge is 0.472 e. The fourth-order valence-corrected chi connectivity index (χ4v) is 11.3. The average Bonchev–Trinajstić information content (AvgIpc) is 1.36. The number of phosphoric acid groups is 2. The van der Waals surface area contributed by atoms with Crippen molar-refractivity contribution in [1.29, 1.82) is 0 Å². The molecule has 0 aliphatic rings. The number of aliphatic hydroxyl groups is 1. The maximum atomic E-state index is 13.0. The lowest BCUT2D eigenvalue weighted by atomic mass is 10.0. The minimum atomic E-state index is -5.00. The van der Waals surface area contributed by atoms with Crippen LogP contribution in [0.25, 0.3) is 0 Å². The van der Waals surface area contributed by atoms with Crippen molar-refractivity contribution >= 4 is 39.5 Å². The SMILES string of the molecule is CC/C=C\C/C=C\C/C=C\C/C=C\C/C=C\CC(=O)OCC(COP(=O)(O)OCC(O)COP(=O)(O)OCC(COC(=O)CCCCCCCCCCCCCCC)OC(=O)CCCCCCCCCCCCCCC)OC(=O)CCCC/C=C\C/C=C\C/C=C\C/C=C\CC. The number of allylic oxidation sites excluding steroid dienone is 17. The molecule has 19 heteroatoms. The molecule has 0 spiro atoms. The van der Waals surface area contributed by atoms with Gasteiger partial charge in [0, 0.05) is 19.3 Å².